The molecule has 0 radical (unpaired) electrons. The summed E-state index contributed by atoms with van der Waals surface area (Å²) in [7, 11) is -4.75. The first kappa shape index (κ1) is 51.2. The van der Waals surface area contributed by atoms with Gasteiger partial charge in [0.05, 0.1) is 13.2 Å². The van der Waals surface area contributed by atoms with Gasteiger partial charge in [0, 0.05) is 12.8 Å². The van der Waals surface area contributed by atoms with Crippen molar-refractivity contribution in [1.82, 2.24) is 5.32 Å². The zero-order chi connectivity index (χ0) is 39.3. The van der Waals surface area contributed by atoms with Gasteiger partial charge in [-0.3, -0.25) is 18.6 Å². The van der Waals surface area contributed by atoms with Crippen molar-refractivity contribution in [1.29, 1.82) is 0 Å². The number of phosphoric ester groups is 1. The molecule has 1 amide bonds. The van der Waals surface area contributed by atoms with Crippen LogP contribution in [0, 0.1) is 0 Å². The maximum Gasteiger partial charge on any atom is 0.472 e. The summed E-state index contributed by atoms with van der Waals surface area (Å²) in [4.78, 5) is 45.8. The number of carboxylic acid groups (broad SMARTS) is 1. The quantitative estimate of drug-likeness (QED) is 0.0203. The van der Waals surface area contributed by atoms with E-state index in [4.69, 9.17) is 13.8 Å². The van der Waals surface area contributed by atoms with Gasteiger partial charge in [0.1, 0.15) is 12.7 Å². The monoisotopic (exact) mass is 776 g/mol. The third-order valence-corrected chi connectivity index (χ3v) is 10.3. The van der Waals surface area contributed by atoms with Crippen molar-refractivity contribution >= 4 is 25.7 Å². The highest BCUT2D eigenvalue weighted by atomic mass is 31.2. The Bertz CT molecular complexity index is 963. The van der Waals surface area contributed by atoms with Gasteiger partial charge in [-0.15, -0.1) is 0 Å². The molecule has 0 rings (SSSR count). The van der Waals surface area contributed by atoms with E-state index in [1.54, 1.807) is 0 Å². The van der Waals surface area contributed by atoms with Crippen LogP contribution in [0.25, 0.3) is 0 Å². The summed E-state index contributed by atoms with van der Waals surface area (Å²) in [6.07, 6.45) is 35.2. The molecule has 0 aliphatic carbocycles. The highest BCUT2D eigenvalue weighted by Gasteiger charge is 2.28. The number of carbonyl (C=O) groups is 3. The van der Waals surface area contributed by atoms with Crippen molar-refractivity contribution in [3.8, 4) is 0 Å². The number of carboxylic acids is 1. The molecule has 0 aliphatic rings. The molecule has 0 bridgehead atoms. The predicted octanol–water partition coefficient (Wildman–Crippen LogP) is 10.5. The molecule has 0 aromatic heterocycles. The minimum atomic E-state index is -4.75. The number of allylic oxidation sites excluding steroid dienone is 2. The molecule has 0 aromatic rings. The molecule has 53 heavy (non-hydrogen) atoms. The summed E-state index contributed by atoms with van der Waals surface area (Å²) in [6, 6.07) is -1.54. The van der Waals surface area contributed by atoms with Gasteiger partial charge in [0.25, 0.3) is 0 Å². The van der Waals surface area contributed by atoms with Crippen LogP contribution in [0.15, 0.2) is 12.2 Å². The molecule has 0 aliphatic heterocycles. The number of hydrogen-bond donors (Lipinski definition) is 4. The number of esters is 1. The second kappa shape index (κ2) is 37.2. The number of aliphatic hydroxyl groups excluding tert-OH is 1. The van der Waals surface area contributed by atoms with E-state index in [1.807, 2.05) is 0 Å². The van der Waals surface area contributed by atoms with Gasteiger partial charge in [-0.2, -0.15) is 0 Å². The van der Waals surface area contributed by atoms with Crippen LogP contribution in [0.1, 0.15) is 200 Å². The second-order valence-electron chi connectivity index (χ2n) is 14.5. The largest absolute Gasteiger partial charge is 0.480 e. The van der Waals surface area contributed by atoms with Gasteiger partial charge in [0.2, 0.25) is 5.91 Å². The number of aliphatic carboxylic acids is 1. The minimum Gasteiger partial charge on any atom is -0.480 e. The van der Waals surface area contributed by atoms with Crippen LogP contribution in [0.4, 0.5) is 0 Å². The Hall–Kier alpha value is -1.78. The van der Waals surface area contributed by atoms with E-state index in [0.29, 0.717) is 12.8 Å². The van der Waals surface area contributed by atoms with Gasteiger partial charge in [-0.25, -0.2) is 9.36 Å². The van der Waals surface area contributed by atoms with Crippen molar-refractivity contribution in [2.24, 2.45) is 0 Å². The van der Waals surface area contributed by atoms with Crippen molar-refractivity contribution in [3.05, 3.63) is 12.2 Å². The smallest absolute Gasteiger partial charge is 0.472 e. The zero-order valence-corrected chi connectivity index (χ0v) is 34.5. The molecule has 0 heterocycles. The molecule has 12 heteroatoms. The first-order chi connectivity index (χ1) is 25.6. The fraction of sp³-hybridized carbons (Fsp3) is 0.878. The molecular formula is C41H78NO10P. The fourth-order valence-electron chi connectivity index (χ4n) is 5.96. The first-order valence-corrected chi connectivity index (χ1v) is 22.7. The third-order valence-electron chi connectivity index (χ3n) is 9.30. The van der Waals surface area contributed by atoms with Crippen LogP contribution < -0.4 is 5.32 Å². The molecule has 0 aromatic carbocycles. The molecule has 3 atom stereocenters. The Balaban J connectivity index is 3.91. The number of hydrogen-bond acceptors (Lipinski definition) is 8. The minimum absolute atomic E-state index is 0.150. The van der Waals surface area contributed by atoms with Crippen LogP contribution in [-0.4, -0.2) is 64.9 Å². The summed E-state index contributed by atoms with van der Waals surface area (Å²) in [5, 5.41) is 21.8. The van der Waals surface area contributed by atoms with E-state index in [9.17, 15) is 34.1 Å². The number of amides is 1. The zero-order valence-electron chi connectivity index (χ0n) is 33.6. The van der Waals surface area contributed by atoms with E-state index in [1.165, 1.54) is 103 Å². The number of ether oxygens (including phenoxy) is 1. The topological polar surface area (TPSA) is 169 Å². The first-order valence-electron chi connectivity index (χ1n) is 21.2. The third kappa shape index (κ3) is 36.9. The molecule has 0 fully saturated rings. The predicted molar refractivity (Wildman–Crippen MR) is 213 cm³/mol. The average molecular weight is 776 g/mol. The van der Waals surface area contributed by atoms with E-state index in [2.05, 4.69) is 31.3 Å². The number of rotatable bonds is 40. The van der Waals surface area contributed by atoms with Crippen LogP contribution >= 0.6 is 7.82 Å². The number of phosphoric acid groups is 1. The van der Waals surface area contributed by atoms with Crippen molar-refractivity contribution in [2.75, 3.05) is 19.8 Å². The van der Waals surface area contributed by atoms with Crippen LogP contribution in [0.3, 0.4) is 0 Å². The van der Waals surface area contributed by atoms with E-state index < -0.39 is 57.6 Å². The lowest BCUT2D eigenvalue weighted by Crippen LogP contribution is -2.43. The molecular weight excluding hydrogens is 697 g/mol. The highest BCUT2D eigenvalue weighted by Crippen LogP contribution is 2.43. The lowest BCUT2D eigenvalue weighted by atomic mass is 10.0. The standard InChI is InChI=1S/C41H78NO10P/c1-3-5-7-9-11-13-15-17-18-19-21-22-24-26-28-30-32-39(44)42-38(41(46)47)36-52-53(48,49)51-35-37(43)34-50-40(45)33-31-29-27-25-23-20-16-14-12-10-8-6-4-2/h14,16,37-38,43H,3-13,15,17-36H2,1-2H3,(H,42,44)(H,46,47)(H,48,49)/b16-14-. The number of nitrogens with one attached hydrogen (secondary N) is 1. The van der Waals surface area contributed by atoms with Gasteiger partial charge < -0.3 is 25.2 Å². The SMILES string of the molecule is CCCCCC/C=C\CCCCCCCC(=O)OCC(O)COP(=O)(O)OCC(NC(=O)CCCCCCCCCCCCCCCCCC)C(=O)O. The highest BCUT2D eigenvalue weighted by molar-refractivity contribution is 7.47. The Morgan fingerprint density at radius 3 is 1.45 bits per heavy atom. The lowest BCUT2D eigenvalue weighted by molar-refractivity contribution is -0.147. The Morgan fingerprint density at radius 1 is 0.585 bits per heavy atom. The van der Waals surface area contributed by atoms with Gasteiger partial charge >= 0.3 is 19.8 Å². The Labute approximate surface area is 322 Å². The van der Waals surface area contributed by atoms with E-state index >= 15 is 0 Å². The number of unbranched alkanes of at least 4 members (excludes halogenated alkanes) is 24. The lowest BCUT2D eigenvalue weighted by Gasteiger charge is -2.18. The van der Waals surface area contributed by atoms with Crippen LogP contribution in [0.2, 0.25) is 0 Å². The Morgan fingerprint density at radius 2 is 0.981 bits per heavy atom. The molecule has 0 spiro atoms. The summed E-state index contributed by atoms with van der Waals surface area (Å²) in [5.41, 5.74) is 0. The normalized spacial score (nSPS) is 13.9. The molecule has 312 valence electrons. The summed E-state index contributed by atoms with van der Waals surface area (Å²) >= 11 is 0. The van der Waals surface area contributed by atoms with Crippen LogP contribution in [-0.2, 0) is 32.7 Å². The van der Waals surface area contributed by atoms with Gasteiger partial charge in [0.15, 0.2) is 6.04 Å². The molecule has 0 saturated heterocycles. The molecule has 4 N–H and O–H groups in total. The maximum atomic E-state index is 12.3. The summed E-state index contributed by atoms with van der Waals surface area (Å²) in [5.74, 6) is -2.37. The number of carbonyl (C=O) groups excluding carboxylic acids is 2. The number of aliphatic hydroxyl groups is 1. The van der Waals surface area contributed by atoms with Crippen molar-refractivity contribution < 1.29 is 47.8 Å². The Kier molecular flexibility index (Phi) is 35.9. The van der Waals surface area contributed by atoms with Gasteiger partial charge in [-0.1, -0.05) is 161 Å². The second-order valence-corrected chi connectivity index (χ2v) is 16.0. The van der Waals surface area contributed by atoms with Crippen molar-refractivity contribution in [2.45, 2.75) is 212 Å². The molecule has 3 unspecified atom stereocenters. The maximum absolute atomic E-state index is 12.3. The van der Waals surface area contributed by atoms with Crippen LogP contribution in [0.5, 0.6) is 0 Å². The van der Waals surface area contributed by atoms with E-state index in [-0.39, 0.29) is 12.8 Å². The van der Waals surface area contributed by atoms with E-state index in [0.717, 1.165) is 57.8 Å². The molecule has 0 saturated carbocycles. The van der Waals surface area contributed by atoms with Crippen molar-refractivity contribution in [3.63, 3.8) is 0 Å². The van der Waals surface area contributed by atoms with Gasteiger partial charge in [-0.05, 0) is 38.5 Å². The summed E-state index contributed by atoms with van der Waals surface area (Å²) in [6.45, 7) is 2.58. The average Bonchev–Trinajstić information content (AvgIpc) is 3.13. The molecule has 11 nitrogen and oxygen atoms in total. The fourth-order valence-corrected chi connectivity index (χ4v) is 6.73. The summed E-state index contributed by atoms with van der Waals surface area (Å²) < 4.78 is 26.8.